The van der Waals surface area contributed by atoms with Crippen molar-refractivity contribution in [2.45, 2.75) is 47.0 Å². The summed E-state index contributed by atoms with van der Waals surface area (Å²) in [4.78, 5) is 25.8. The van der Waals surface area contributed by atoms with Crippen LogP contribution >= 0.6 is 11.3 Å². The van der Waals surface area contributed by atoms with Crippen LogP contribution in [-0.4, -0.2) is 18.5 Å². The highest BCUT2D eigenvalue weighted by atomic mass is 32.1. The Morgan fingerprint density at radius 2 is 1.85 bits per heavy atom. The Morgan fingerprint density at radius 3 is 2.41 bits per heavy atom. The topological polar surface area (TPSA) is 55.4 Å². The van der Waals surface area contributed by atoms with E-state index in [0.29, 0.717) is 16.1 Å². The quantitative estimate of drug-likeness (QED) is 0.628. The minimum atomic E-state index is -0.461. The number of thiophene rings is 1. The van der Waals surface area contributed by atoms with Gasteiger partial charge in [-0.05, 0) is 55.0 Å². The molecule has 2 rings (SSSR count). The molecule has 27 heavy (non-hydrogen) atoms. The summed E-state index contributed by atoms with van der Waals surface area (Å²) in [6, 6.07) is 7.08. The molecule has 0 unspecified atom stereocenters. The standard InChI is InChI=1S/C21H26FNO3S/c1-6-26-20(25)16-11-17(13(2)12-21(3,4)5)27-19(16)23-18(24)14-7-9-15(22)10-8-14/h7-11,13H,6,12H2,1-5H3,(H,23,24)/t13-/m0/s1. The van der Waals surface area contributed by atoms with Gasteiger partial charge in [0.05, 0.1) is 12.2 Å². The van der Waals surface area contributed by atoms with E-state index in [0.717, 1.165) is 11.3 Å². The molecular weight excluding hydrogens is 365 g/mol. The molecule has 1 aromatic carbocycles. The van der Waals surface area contributed by atoms with E-state index in [1.807, 2.05) is 0 Å². The van der Waals surface area contributed by atoms with Crippen molar-refractivity contribution in [3.8, 4) is 0 Å². The van der Waals surface area contributed by atoms with Gasteiger partial charge in [0.1, 0.15) is 10.8 Å². The van der Waals surface area contributed by atoms with E-state index in [4.69, 9.17) is 4.74 Å². The molecule has 0 radical (unpaired) electrons. The number of benzene rings is 1. The third-order valence-corrected chi connectivity index (χ3v) is 5.27. The second-order valence-corrected chi connectivity index (χ2v) is 8.82. The molecule has 1 atom stereocenters. The van der Waals surface area contributed by atoms with Crippen molar-refractivity contribution < 1.29 is 18.7 Å². The molecule has 0 aliphatic heterocycles. The van der Waals surface area contributed by atoms with Crippen LogP contribution in [0.5, 0.6) is 0 Å². The first-order valence-corrected chi connectivity index (χ1v) is 9.80. The Balaban J connectivity index is 2.30. The molecule has 6 heteroatoms. The minimum Gasteiger partial charge on any atom is -0.462 e. The van der Waals surface area contributed by atoms with E-state index in [1.165, 1.54) is 35.6 Å². The zero-order chi connectivity index (χ0) is 20.2. The molecule has 1 aromatic heterocycles. The van der Waals surface area contributed by atoms with Gasteiger partial charge in [0.25, 0.3) is 5.91 Å². The number of nitrogens with one attached hydrogen (secondary N) is 1. The summed E-state index contributed by atoms with van der Waals surface area (Å²) in [5, 5.41) is 3.24. The van der Waals surface area contributed by atoms with Crippen molar-refractivity contribution in [3.63, 3.8) is 0 Å². The summed E-state index contributed by atoms with van der Waals surface area (Å²) >= 11 is 1.38. The van der Waals surface area contributed by atoms with Gasteiger partial charge in [-0.1, -0.05) is 27.7 Å². The number of ether oxygens (including phenoxy) is 1. The molecule has 4 nitrogen and oxygen atoms in total. The molecule has 0 spiro atoms. The highest BCUT2D eigenvalue weighted by molar-refractivity contribution is 7.16. The third-order valence-electron chi connectivity index (χ3n) is 3.98. The zero-order valence-electron chi connectivity index (χ0n) is 16.4. The summed E-state index contributed by atoms with van der Waals surface area (Å²) in [5.74, 6) is -1.03. The maximum Gasteiger partial charge on any atom is 0.341 e. The molecule has 0 fully saturated rings. The number of esters is 1. The van der Waals surface area contributed by atoms with E-state index >= 15 is 0 Å². The molecule has 146 valence electrons. The summed E-state index contributed by atoms with van der Waals surface area (Å²) in [7, 11) is 0. The van der Waals surface area contributed by atoms with E-state index in [9.17, 15) is 14.0 Å². The second kappa shape index (κ2) is 8.65. The average Bonchev–Trinajstić information content (AvgIpc) is 2.98. The lowest BCUT2D eigenvalue weighted by atomic mass is 9.85. The van der Waals surface area contributed by atoms with E-state index in [2.05, 4.69) is 33.0 Å². The second-order valence-electron chi connectivity index (χ2n) is 7.74. The van der Waals surface area contributed by atoms with Crippen molar-refractivity contribution >= 4 is 28.2 Å². The Hall–Kier alpha value is -2.21. The Bertz CT molecular complexity index is 806. The van der Waals surface area contributed by atoms with Gasteiger partial charge in [-0.25, -0.2) is 9.18 Å². The van der Waals surface area contributed by atoms with Crippen molar-refractivity contribution in [3.05, 3.63) is 52.2 Å². The van der Waals surface area contributed by atoms with Gasteiger partial charge in [0, 0.05) is 10.4 Å². The third kappa shape index (κ3) is 5.89. The first-order chi connectivity index (χ1) is 12.6. The molecule has 0 aliphatic rings. The molecule has 0 bridgehead atoms. The predicted molar refractivity (Wildman–Crippen MR) is 107 cm³/mol. The highest BCUT2D eigenvalue weighted by Gasteiger charge is 2.24. The van der Waals surface area contributed by atoms with Crippen molar-refractivity contribution in [2.75, 3.05) is 11.9 Å². The van der Waals surface area contributed by atoms with Gasteiger partial charge < -0.3 is 10.1 Å². The van der Waals surface area contributed by atoms with E-state index in [-0.39, 0.29) is 17.9 Å². The van der Waals surface area contributed by atoms with Crippen LogP contribution in [0.25, 0.3) is 0 Å². The van der Waals surface area contributed by atoms with Crippen LogP contribution in [0.3, 0.4) is 0 Å². The Morgan fingerprint density at radius 1 is 1.22 bits per heavy atom. The lowest BCUT2D eigenvalue weighted by molar-refractivity contribution is 0.0528. The number of anilines is 1. The van der Waals surface area contributed by atoms with Crippen LogP contribution in [0.4, 0.5) is 9.39 Å². The highest BCUT2D eigenvalue weighted by Crippen LogP contribution is 2.38. The summed E-state index contributed by atoms with van der Waals surface area (Å²) in [5.41, 5.74) is 0.822. The lowest BCUT2D eigenvalue weighted by Crippen LogP contribution is -2.14. The number of hydrogen-bond donors (Lipinski definition) is 1. The van der Waals surface area contributed by atoms with Gasteiger partial charge in [0.15, 0.2) is 0 Å². The maximum absolute atomic E-state index is 13.1. The van der Waals surface area contributed by atoms with Crippen molar-refractivity contribution in [2.24, 2.45) is 5.41 Å². The van der Waals surface area contributed by atoms with Gasteiger partial charge >= 0.3 is 5.97 Å². The zero-order valence-corrected chi connectivity index (χ0v) is 17.2. The van der Waals surface area contributed by atoms with Crippen LogP contribution in [0.2, 0.25) is 0 Å². The Kier molecular flexibility index (Phi) is 6.76. The van der Waals surface area contributed by atoms with Gasteiger partial charge in [-0.2, -0.15) is 0 Å². The summed E-state index contributed by atoms with van der Waals surface area (Å²) in [6.07, 6.45) is 0.946. The molecule has 2 aromatic rings. The number of hydrogen-bond acceptors (Lipinski definition) is 4. The number of carbonyl (C=O) groups excluding carboxylic acids is 2. The molecule has 0 saturated carbocycles. The van der Waals surface area contributed by atoms with E-state index < -0.39 is 17.7 Å². The molecule has 1 N–H and O–H groups in total. The summed E-state index contributed by atoms with van der Waals surface area (Å²) < 4.78 is 18.2. The maximum atomic E-state index is 13.1. The van der Waals surface area contributed by atoms with Gasteiger partial charge in [-0.15, -0.1) is 11.3 Å². The lowest BCUT2D eigenvalue weighted by Gasteiger charge is -2.22. The van der Waals surface area contributed by atoms with Crippen LogP contribution in [-0.2, 0) is 4.74 Å². The SMILES string of the molecule is CCOC(=O)c1cc([C@@H](C)CC(C)(C)C)sc1NC(=O)c1ccc(F)cc1. The van der Waals surface area contributed by atoms with Crippen molar-refractivity contribution in [1.29, 1.82) is 0 Å². The smallest absolute Gasteiger partial charge is 0.341 e. The fourth-order valence-electron chi connectivity index (χ4n) is 2.90. The van der Waals surface area contributed by atoms with Crippen LogP contribution in [0.15, 0.2) is 30.3 Å². The first-order valence-electron chi connectivity index (χ1n) is 8.98. The minimum absolute atomic E-state index is 0.144. The van der Waals surface area contributed by atoms with E-state index in [1.54, 1.807) is 13.0 Å². The molecule has 1 heterocycles. The van der Waals surface area contributed by atoms with Gasteiger partial charge in [0.2, 0.25) is 0 Å². The number of carbonyl (C=O) groups is 2. The predicted octanol–water partition coefficient (Wildman–Crippen LogP) is 5.86. The number of halogens is 1. The van der Waals surface area contributed by atoms with Crippen LogP contribution in [0, 0.1) is 11.2 Å². The number of rotatable bonds is 6. The number of amides is 1. The Labute approximate surface area is 163 Å². The normalized spacial score (nSPS) is 12.5. The molecule has 0 aliphatic carbocycles. The monoisotopic (exact) mass is 391 g/mol. The fraction of sp³-hybridized carbons (Fsp3) is 0.429. The average molecular weight is 392 g/mol. The van der Waals surface area contributed by atoms with Crippen LogP contribution in [0.1, 0.15) is 72.6 Å². The first kappa shape index (κ1) is 21.1. The fourth-order valence-corrected chi connectivity index (χ4v) is 3.99. The summed E-state index contributed by atoms with van der Waals surface area (Å²) in [6.45, 7) is 10.6. The molecular formula is C21H26FNO3S. The molecule has 0 saturated heterocycles. The van der Waals surface area contributed by atoms with Crippen LogP contribution < -0.4 is 5.32 Å². The van der Waals surface area contributed by atoms with Gasteiger partial charge in [-0.3, -0.25) is 4.79 Å². The molecule has 1 amide bonds. The largest absolute Gasteiger partial charge is 0.462 e. The van der Waals surface area contributed by atoms with Crippen molar-refractivity contribution in [1.82, 2.24) is 0 Å².